The molecule has 1 aromatic carbocycles. The van der Waals surface area contributed by atoms with Gasteiger partial charge < -0.3 is 24.5 Å². The number of benzene rings is 1. The Morgan fingerprint density at radius 1 is 1.33 bits per heavy atom. The van der Waals surface area contributed by atoms with Gasteiger partial charge in [-0.3, -0.25) is 4.79 Å². The zero-order chi connectivity index (χ0) is 19.1. The smallest absolute Gasteiger partial charge is 0.328 e. The van der Waals surface area contributed by atoms with E-state index in [0.717, 1.165) is 11.3 Å². The van der Waals surface area contributed by atoms with Crippen LogP contribution in [0, 0.1) is 0 Å². The van der Waals surface area contributed by atoms with Gasteiger partial charge in [-0.1, -0.05) is 24.3 Å². The Labute approximate surface area is 155 Å². The second-order valence-corrected chi connectivity index (χ2v) is 5.70. The lowest BCUT2D eigenvalue weighted by Gasteiger charge is -2.14. The first-order valence-electron chi connectivity index (χ1n) is 8.25. The monoisotopic (exact) mass is 369 g/mol. The molecule has 2 N–H and O–H groups in total. The zero-order valence-corrected chi connectivity index (χ0v) is 14.7. The molecule has 0 saturated carbocycles. The first-order valence-corrected chi connectivity index (χ1v) is 8.25. The van der Waals surface area contributed by atoms with E-state index in [0.29, 0.717) is 11.5 Å². The average molecular weight is 369 g/mol. The van der Waals surface area contributed by atoms with Crippen LogP contribution in [0.3, 0.4) is 0 Å². The molecule has 1 aromatic heterocycles. The van der Waals surface area contributed by atoms with Gasteiger partial charge in [-0.05, 0) is 17.7 Å². The van der Waals surface area contributed by atoms with Gasteiger partial charge in [-0.15, -0.1) is 0 Å². The van der Waals surface area contributed by atoms with Crippen LogP contribution in [-0.4, -0.2) is 41.8 Å². The lowest BCUT2D eigenvalue weighted by atomic mass is 10.1. The number of carbonyl (C=O) groups is 2. The van der Waals surface area contributed by atoms with Crippen molar-refractivity contribution >= 4 is 18.0 Å². The van der Waals surface area contributed by atoms with E-state index in [2.05, 4.69) is 15.3 Å². The molecule has 0 bridgehead atoms. The Morgan fingerprint density at radius 2 is 2.19 bits per heavy atom. The number of carbonyl (C=O) groups excluding carboxylic acids is 2. The highest BCUT2D eigenvalue weighted by Crippen LogP contribution is 2.32. The van der Waals surface area contributed by atoms with Crippen LogP contribution in [-0.2, 0) is 20.7 Å². The number of rotatable bonds is 7. The number of nitrogens with one attached hydrogen (secondary N) is 2. The van der Waals surface area contributed by atoms with Crippen LogP contribution in [0.5, 0.6) is 11.5 Å². The first-order chi connectivity index (χ1) is 13.2. The van der Waals surface area contributed by atoms with Gasteiger partial charge in [0.25, 0.3) is 0 Å². The van der Waals surface area contributed by atoms with Gasteiger partial charge in [0.2, 0.25) is 12.7 Å². The van der Waals surface area contributed by atoms with Crippen molar-refractivity contribution in [2.75, 3.05) is 13.9 Å². The van der Waals surface area contributed by atoms with E-state index in [1.807, 2.05) is 24.3 Å². The quantitative estimate of drug-likeness (QED) is 0.437. The minimum atomic E-state index is -0.801. The Balaban J connectivity index is 1.55. The fraction of sp³-hybridized carbons (Fsp3) is 0.211. The third-order valence-electron chi connectivity index (χ3n) is 3.83. The maximum Gasteiger partial charge on any atom is 0.328 e. The molecule has 2 aromatic rings. The summed E-state index contributed by atoms with van der Waals surface area (Å²) < 4.78 is 15.3. The molecular weight excluding hydrogens is 350 g/mol. The first kappa shape index (κ1) is 18.2. The number of hydrogen-bond donors (Lipinski definition) is 2. The molecule has 1 atom stereocenters. The number of fused-ring (bicyclic) bond motifs is 1. The number of aromatic amines is 1. The number of H-pyrrole nitrogens is 1. The SMILES string of the molecule is COC(=O)[C@H](Cc1cnc[nH]1)NC(=O)/C=C/C=C/c1ccc2c(c1)OCO2. The van der Waals surface area contributed by atoms with Crippen LogP contribution in [0.2, 0.25) is 0 Å². The lowest BCUT2D eigenvalue weighted by molar-refractivity contribution is -0.144. The molecule has 27 heavy (non-hydrogen) atoms. The van der Waals surface area contributed by atoms with Crippen LogP contribution in [0.25, 0.3) is 6.08 Å². The zero-order valence-electron chi connectivity index (χ0n) is 14.7. The predicted octanol–water partition coefficient (Wildman–Crippen LogP) is 1.61. The van der Waals surface area contributed by atoms with Gasteiger partial charge in [0.1, 0.15) is 6.04 Å². The maximum absolute atomic E-state index is 12.1. The number of ether oxygens (including phenoxy) is 3. The summed E-state index contributed by atoms with van der Waals surface area (Å²) in [5, 5.41) is 2.62. The fourth-order valence-electron chi connectivity index (χ4n) is 2.50. The van der Waals surface area contributed by atoms with Crippen molar-refractivity contribution in [3.8, 4) is 11.5 Å². The summed E-state index contributed by atoms with van der Waals surface area (Å²) >= 11 is 0. The van der Waals surface area contributed by atoms with Crippen LogP contribution < -0.4 is 14.8 Å². The second-order valence-electron chi connectivity index (χ2n) is 5.70. The molecule has 8 heteroatoms. The highest BCUT2D eigenvalue weighted by Gasteiger charge is 2.21. The molecule has 140 valence electrons. The largest absolute Gasteiger partial charge is 0.467 e. The molecule has 0 fully saturated rings. The van der Waals surface area contributed by atoms with E-state index in [-0.39, 0.29) is 13.2 Å². The lowest BCUT2D eigenvalue weighted by Crippen LogP contribution is -2.42. The summed E-state index contributed by atoms with van der Waals surface area (Å²) in [5.74, 6) is 0.481. The van der Waals surface area contributed by atoms with Crippen LogP contribution in [0.4, 0.5) is 0 Å². The van der Waals surface area contributed by atoms with Crippen LogP contribution in [0.15, 0.2) is 49.0 Å². The normalized spacial score (nSPS) is 13.8. The van der Waals surface area contributed by atoms with E-state index in [9.17, 15) is 9.59 Å². The van der Waals surface area contributed by atoms with Gasteiger partial charge in [0.15, 0.2) is 11.5 Å². The molecule has 2 heterocycles. The van der Waals surface area contributed by atoms with E-state index in [1.54, 1.807) is 18.3 Å². The van der Waals surface area contributed by atoms with Crippen molar-refractivity contribution in [3.05, 3.63) is 60.2 Å². The Hall–Kier alpha value is -3.55. The highest BCUT2D eigenvalue weighted by atomic mass is 16.7. The van der Waals surface area contributed by atoms with Gasteiger partial charge >= 0.3 is 5.97 Å². The number of amides is 1. The minimum absolute atomic E-state index is 0.225. The fourth-order valence-corrected chi connectivity index (χ4v) is 2.50. The van der Waals surface area contributed by atoms with E-state index in [1.165, 1.54) is 19.5 Å². The number of allylic oxidation sites excluding steroid dienone is 2. The van der Waals surface area contributed by atoms with Crippen molar-refractivity contribution in [1.29, 1.82) is 0 Å². The van der Waals surface area contributed by atoms with E-state index < -0.39 is 17.9 Å². The molecule has 0 aliphatic carbocycles. The Bertz CT molecular complexity index is 858. The molecule has 1 aliphatic heterocycles. The van der Waals surface area contributed by atoms with Crippen LogP contribution >= 0.6 is 0 Å². The predicted molar refractivity (Wildman–Crippen MR) is 97.0 cm³/mol. The molecule has 1 amide bonds. The molecule has 0 unspecified atom stereocenters. The number of aromatic nitrogens is 2. The number of methoxy groups -OCH3 is 1. The molecule has 3 rings (SSSR count). The van der Waals surface area contributed by atoms with Crippen molar-refractivity contribution in [1.82, 2.24) is 15.3 Å². The topological polar surface area (TPSA) is 103 Å². The number of hydrogen-bond acceptors (Lipinski definition) is 6. The molecule has 8 nitrogen and oxygen atoms in total. The highest BCUT2D eigenvalue weighted by molar-refractivity contribution is 5.91. The summed E-state index contributed by atoms with van der Waals surface area (Å²) in [4.78, 5) is 30.7. The summed E-state index contributed by atoms with van der Waals surface area (Å²) in [6.45, 7) is 0.225. The van der Waals surface area contributed by atoms with Gasteiger partial charge in [-0.25, -0.2) is 9.78 Å². The van der Waals surface area contributed by atoms with Crippen molar-refractivity contribution < 1.29 is 23.8 Å². The molecule has 0 spiro atoms. The van der Waals surface area contributed by atoms with E-state index in [4.69, 9.17) is 14.2 Å². The summed E-state index contributed by atoms with van der Waals surface area (Å²) in [6.07, 6.45) is 9.84. The standard InChI is InChI=1S/C19H19N3O5/c1-25-19(24)15(9-14-10-20-11-21-14)22-18(23)5-3-2-4-13-6-7-16-17(8-13)27-12-26-16/h2-8,10-11,15H,9,12H2,1H3,(H,20,21)(H,22,23)/b4-2+,5-3+/t15-/m0/s1. The molecule has 1 aliphatic rings. The summed E-state index contributed by atoms with van der Waals surface area (Å²) in [6, 6.07) is 4.76. The number of nitrogens with zero attached hydrogens (tertiary/aromatic N) is 1. The average Bonchev–Trinajstić information content (AvgIpc) is 3.35. The van der Waals surface area contributed by atoms with Crippen molar-refractivity contribution in [2.24, 2.45) is 0 Å². The third kappa shape index (κ3) is 4.97. The molecular formula is C19H19N3O5. The third-order valence-corrected chi connectivity index (χ3v) is 3.83. The number of esters is 1. The summed E-state index contributed by atoms with van der Waals surface area (Å²) in [7, 11) is 1.28. The van der Waals surface area contributed by atoms with Gasteiger partial charge in [0.05, 0.1) is 13.4 Å². The number of imidazole rings is 1. The minimum Gasteiger partial charge on any atom is -0.467 e. The van der Waals surface area contributed by atoms with Crippen molar-refractivity contribution in [2.45, 2.75) is 12.5 Å². The van der Waals surface area contributed by atoms with Gasteiger partial charge in [-0.2, -0.15) is 0 Å². The molecule has 0 radical (unpaired) electrons. The Kier molecular flexibility index (Phi) is 5.88. The maximum atomic E-state index is 12.1. The van der Waals surface area contributed by atoms with Crippen molar-refractivity contribution in [3.63, 3.8) is 0 Å². The van der Waals surface area contributed by atoms with Crippen LogP contribution in [0.1, 0.15) is 11.3 Å². The van der Waals surface area contributed by atoms with E-state index >= 15 is 0 Å². The second kappa shape index (κ2) is 8.70. The molecule has 0 saturated heterocycles. The summed E-state index contributed by atoms with van der Waals surface area (Å²) in [5.41, 5.74) is 1.63. The van der Waals surface area contributed by atoms with Gasteiger partial charge in [0, 0.05) is 24.4 Å². The Morgan fingerprint density at radius 3 is 2.96 bits per heavy atom.